The molecule has 0 radical (unpaired) electrons. The largest absolute Gasteiger partial charge is 0.494 e. The smallest absolute Gasteiger partial charge is 0.226 e. The highest BCUT2D eigenvalue weighted by Crippen LogP contribution is 2.27. The quantitative estimate of drug-likeness (QED) is 0.386. The summed E-state index contributed by atoms with van der Waals surface area (Å²) >= 11 is 11.0. The molecule has 2 aromatic carbocycles. The standard InChI is InChI=1S/C21H20BrClN2O2S/c1-13-9-17(10-14(2)20(13)23)27-8-4-7-19(26)25-21-24-18(12-28-21)15-5-3-6-16(22)11-15/h3,5-6,9-12H,4,7-8H2,1-2H3,(H,24,25,26). The summed E-state index contributed by atoms with van der Waals surface area (Å²) in [6.45, 7) is 4.37. The van der Waals surface area contributed by atoms with E-state index in [2.05, 4.69) is 26.2 Å². The SMILES string of the molecule is Cc1cc(OCCCC(=O)Nc2nc(-c3cccc(Br)c3)cs2)cc(C)c1Cl. The number of hydrogen-bond donors (Lipinski definition) is 1. The van der Waals surface area contributed by atoms with Gasteiger partial charge >= 0.3 is 0 Å². The number of nitrogens with zero attached hydrogens (tertiary/aromatic N) is 1. The summed E-state index contributed by atoms with van der Waals surface area (Å²) in [7, 11) is 0. The molecule has 146 valence electrons. The number of halogens is 2. The summed E-state index contributed by atoms with van der Waals surface area (Å²) < 4.78 is 6.74. The molecule has 1 amide bonds. The zero-order valence-corrected chi connectivity index (χ0v) is 18.7. The van der Waals surface area contributed by atoms with Gasteiger partial charge in [0.1, 0.15) is 5.75 Å². The maximum absolute atomic E-state index is 12.2. The van der Waals surface area contributed by atoms with E-state index in [9.17, 15) is 4.79 Å². The van der Waals surface area contributed by atoms with E-state index in [1.54, 1.807) is 0 Å². The van der Waals surface area contributed by atoms with Crippen LogP contribution in [0, 0.1) is 13.8 Å². The number of nitrogens with one attached hydrogen (secondary N) is 1. The second-order valence-electron chi connectivity index (χ2n) is 6.42. The first-order chi connectivity index (χ1) is 13.4. The van der Waals surface area contributed by atoms with Crippen molar-refractivity contribution in [3.05, 3.63) is 62.4 Å². The highest BCUT2D eigenvalue weighted by molar-refractivity contribution is 9.10. The molecule has 0 unspecified atom stereocenters. The summed E-state index contributed by atoms with van der Waals surface area (Å²) in [5.41, 5.74) is 3.82. The van der Waals surface area contributed by atoms with Crippen molar-refractivity contribution in [1.29, 1.82) is 0 Å². The molecule has 0 spiro atoms. The van der Waals surface area contributed by atoms with Crippen molar-refractivity contribution in [2.75, 3.05) is 11.9 Å². The van der Waals surface area contributed by atoms with Gasteiger partial charge in [-0.15, -0.1) is 11.3 Å². The monoisotopic (exact) mass is 478 g/mol. The van der Waals surface area contributed by atoms with Gasteiger partial charge in [-0.25, -0.2) is 4.98 Å². The summed E-state index contributed by atoms with van der Waals surface area (Å²) in [5, 5.41) is 6.15. The van der Waals surface area contributed by atoms with Gasteiger partial charge in [0.15, 0.2) is 5.13 Å². The Morgan fingerprint density at radius 1 is 1.25 bits per heavy atom. The van der Waals surface area contributed by atoms with E-state index in [-0.39, 0.29) is 5.91 Å². The summed E-state index contributed by atoms with van der Waals surface area (Å²) in [4.78, 5) is 16.6. The van der Waals surface area contributed by atoms with E-state index in [0.29, 0.717) is 24.6 Å². The molecule has 3 aromatic rings. The second kappa shape index (κ2) is 9.54. The van der Waals surface area contributed by atoms with Crippen LogP contribution >= 0.6 is 38.9 Å². The van der Waals surface area contributed by atoms with Crippen LogP contribution in [0.1, 0.15) is 24.0 Å². The van der Waals surface area contributed by atoms with Gasteiger partial charge in [0.05, 0.1) is 12.3 Å². The van der Waals surface area contributed by atoms with E-state index < -0.39 is 0 Å². The Hall–Kier alpha value is -1.89. The van der Waals surface area contributed by atoms with Gasteiger partial charge in [-0.2, -0.15) is 0 Å². The number of carbonyl (C=O) groups is 1. The number of aryl methyl sites for hydroxylation is 2. The third kappa shape index (κ3) is 5.56. The lowest BCUT2D eigenvalue weighted by molar-refractivity contribution is -0.116. The summed E-state index contributed by atoms with van der Waals surface area (Å²) in [5.74, 6) is 0.709. The third-order valence-corrected chi connectivity index (χ3v) is 5.94. The number of benzene rings is 2. The zero-order valence-electron chi connectivity index (χ0n) is 15.6. The molecule has 0 fully saturated rings. The Kier molecular flexibility index (Phi) is 7.10. The number of anilines is 1. The maximum atomic E-state index is 12.2. The van der Waals surface area contributed by atoms with Gasteiger partial charge in [0, 0.05) is 26.9 Å². The molecular weight excluding hydrogens is 460 g/mol. The van der Waals surface area contributed by atoms with E-state index in [4.69, 9.17) is 16.3 Å². The number of thiazole rings is 1. The van der Waals surface area contributed by atoms with Gasteiger partial charge in [-0.05, 0) is 55.7 Å². The van der Waals surface area contributed by atoms with Crippen LogP contribution in [-0.2, 0) is 4.79 Å². The minimum Gasteiger partial charge on any atom is -0.494 e. The highest BCUT2D eigenvalue weighted by Gasteiger charge is 2.09. The molecule has 1 aromatic heterocycles. The first kappa shape index (κ1) is 20.8. The molecular formula is C21H20BrClN2O2S. The van der Waals surface area contributed by atoms with Crippen LogP contribution in [0.15, 0.2) is 46.3 Å². The van der Waals surface area contributed by atoms with Gasteiger partial charge in [-0.1, -0.05) is 39.7 Å². The Balaban J connectivity index is 1.46. The topological polar surface area (TPSA) is 51.2 Å². The lowest BCUT2D eigenvalue weighted by atomic mass is 10.1. The molecule has 0 aliphatic heterocycles. The van der Waals surface area contributed by atoms with Crippen molar-refractivity contribution in [3.8, 4) is 17.0 Å². The van der Waals surface area contributed by atoms with Crippen LogP contribution in [0.4, 0.5) is 5.13 Å². The Morgan fingerprint density at radius 3 is 2.71 bits per heavy atom. The normalized spacial score (nSPS) is 10.7. The van der Waals surface area contributed by atoms with Crippen molar-refractivity contribution in [2.45, 2.75) is 26.7 Å². The first-order valence-corrected chi connectivity index (χ1v) is 10.9. The van der Waals surface area contributed by atoms with Crippen LogP contribution in [0.3, 0.4) is 0 Å². The maximum Gasteiger partial charge on any atom is 0.226 e. The number of carbonyl (C=O) groups excluding carboxylic acids is 1. The van der Waals surface area contributed by atoms with Crippen LogP contribution < -0.4 is 10.1 Å². The van der Waals surface area contributed by atoms with Crippen LogP contribution in [0.25, 0.3) is 11.3 Å². The number of amides is 1. The number of rotatable bonds is 7. The fraction of sp³-hybridized carbons (Fsp3) is 0.238. The molecule has 0 aliphatic carbocycles. The van der Waals surface area contributed by atoms with Crippen molar-refractivity contribution in [1.82, 2.24) is 4.98 Å². The van der Waals surface area contributed by atoms with Crippen LogP contribution in [-0.4, -0.2) is 17.5 Å². The molecule has 4 nitrogen and oxygen atoms in total. The average Bonchev–Trinajstić information content (AvgIpc) is 3.11. The first-order valence-electron chi connectivity index (χ1n) is 8.83. The molecule has 28 heavy (non-hydrogen) atoms. The van der Waals surface area contributed by atoms with Gasteiger partial charge in [0.2, 0.25) is 5.91 Å². The average molecular weight is 480 g/mol. The Bertz CT molecular complexity index is 967. The molecule has 0 atom stereocenters. The van der Waals surface area contributed by atoms with Gasteiger partial charge in [-0.3, -0.25) is 4.79 Å². The predicted octanol–water partition coefficient (Wildman–Crippen LogP) is 6.64. The third-order valence-electron chi connectivity index (χ3n) is 4.10. The number of aromatic nitrogens is 1. The highest BCUT2D eigenvalue weighted by atomic mass is 79.9. The molecule has 1 heterocycles. The van der Waals surface area contributed by atoms with Crippen molar-refractivity contribution in [3.63, 3.8) is 0 Å². The fourth-order valence-electron chi connectivity index (χ4n) is 2.71. The van der Waals surface area contributed by atoms with Crippen LogP contribution in [0.2, 0.25) is 5.02 Å². The van der Waals surface area contributed by atoms with E-state index >= 15 is 0 Å². The van der Waals surface area contributed by atoms with Gasteiger partial charge < -0.3 is 10.1 Å². The van der Waals surface area contributed by atoms with Crippen molar-refractivity contribution < 1.29 is 9.53 Å². The second-order valence-corrected chi connectivity index (χ2v) is 8.57. The summed E-state index contributed by atoms with van der Waals surface area (Å²) in [6, 6.07) is 11.7. The Labute approximate surface area is 182 Å². The van der Waals surface area contributed by atoms with Gasteiger partial charge in [0.25, 0.3) is 0 Å². The van der Waals surface area contributed by atoms with Crippen molar-refractivity contribution >= 4 is 49.9 Å². The molecule has 0 bridgehead atoms. The molecule has 3 rings (SSSR count). The molecule has 0 saturated heterocycles. The van der Waals surface area contributed by atoms with E-state index in [0.717, 1.165) is 37.6 Å². The van der Waals surface area contributed by atoms with E-state index in [1.807, 2.05) is 55.6 Å². The predicted molar refractivity (Wildman–Crippen MR) is 120 cm³/mol. The lowest BCUT2D eigenvalue weighted by Crippen LogP contribution is -2.12. The van der Waals surface area contributed by atoms with Crippen LogP contribution in [0.5, 0.6) is 5.75 Å². The minimum absolute atomic E-state index is 0.0674. The lowest BCUT2D eigenvalue weighted by Gasteiger charge is -2.09. The number of hydrogen-bond acceptors (Lipinski definition) is 4. The zero-order chi connectivity index (χ0) is 20.1. The molecule has 1 N–H and O–H groups in total. The number of ether oxygens (including phenoxy) is 1. The minimum atomic E-state index is -0.0674. The Morgan fingerprint density at radius 2 is 2.00 bits per heavy atom. The van der Waals surface area contributed by atoms with E-state index in [1.165, 1.54) is 11.3 Å². The molecule has 0 saturated carbocycles. The fourth-order valence-corrected chi connectivity index (χ4v) is 3.95. The van der Waals surface area contributed by atoms with Crippen molar-refractivity contribution in [2.24, 2.45) is 0 Å². The molecule has 0 aliphatic rings. The molecule has 7 heteroatoms. The summed E-state index contributed by atoms with van der Waals surface area (Å²) in [6.07, 6.45) is 0.994.